The molecule has 0 aliphatic carbocycles. The molecule has 5 heteroatoms. The zero-order valence-corrected chi connectivity index (χ0v) is 18.4. The first kappa shape index (κ1) is 24.5. The average Bonchev–Trinajstić information content (AvgIpc) is 2.64. The number of benzene rings is 1. The van der Waals surface area contributed by atoms with Crippen LogP contribution in [0.15, 0.2) is 24.3 Å². The van der Waals surface area contributed by atoms with E-state index in [-0.39, 0.29) is 12.3 Å². The van der Waals surface area contributed by atoms with E-state index in [1.165, 1.54) is 63.1 Å². The van der Waals surface area contributed by atoms with E-state index < -0.39 is 11.2 Å². The smallest absolute Gasteiger partial charge is 0.305 e. The van der Waals surface area contributed by atoms with Gasteiger partial charge in [0.2, 0.25) is 5.91 Å². The second-order valence-electron chi connectivity index (χ2n) is 7.50. The van der Waals surface area contributed by atoms with Crippen molar-refractivity contribution >= 4 is 29.3 Å². The van der Waals surface area contributed by atoms with Gasteiger partial charge in [-0.3, -0.25) is 9.59 Å². The molecule has 28 heavy (non-hydrogen) atoms. The number of rotatable bonds is 16. The van der Waals surface area contributed by atoms with E-state index >= 15 is 0 Å². The van der Waals surface area contributed by atoms with Crippen LogP contribution in [0.1, 0.15) is 83.1 Å². The van der Waals surface area contributed by atoms with Gasteiger partial charge in [-0.1, -0.05) is 76.8 Å². The molecule has 1 atom stereocenters. The van der Waals surface area contributed by atoms with Crippen LogP contribution in [0.2, 0.25) is 0 Å². The van der Waals surface area contributed by atoms with Crippen molar-refractivity contribution in [2.24, 2.45) is 0 Å². The van der Waals surface area contributed by atoms with Crippen molar-refractivity contribution < 1.29 is 14.7 Å². The highest BCUT2D eigenvalue weighted by molar-refractivity contribution is 8.00. The fraction of sp³-hybridized carbons (Fsp3) is 0.652. The zero-order valence-electron chi connectivity index (χ0n) is 17.5. The molecule has 1 aromatic rings. The van der Waals surface area contributed by atoms with Gasteiger partial charge in [0.05, 0.1) is 11.7 Å². The molecule has 0 fully saturated rings. The van der Waals surface area contributed by atoms with Gasteiger partial charge in [-0.15, -0.1) is 11.8 Å². The Kier molecular flexibility index (Phi) is 13.5. The molecular formula is C23H37NO3S. The molecule has 0 saturated carbocycles. The molecule has 1 rings (SSSR count). The molecule has 1 aromatic carbocycles. The van der Waals surface area contributed by atoms with Crippen molar-refractivity contribution in [3.05, 3.63) is 29.8 Å². The Hall–Kier alpha value is -1.49. The van der Waals surface area contributed by atoms with Gasteiger partial charge < -0.3 is 10.4 Å². The number of hydrogen-bond donors (Lipinski definition) is 2. The normalized spacial score (nSPS) is 11.9. The summed E-state index contributed by atoms with van der Waals surface area (Å²) >= 11 is 1.47. The van der Waals surface area contributed by atoms with Gasteiger partial charge in [0, 0.05) is 5.69 Å². The van der Waals surface area contributed by atoms with Crippen LogP contribution in [0, 0.1) is 6.92 Å². The third-order valence-corrected chi connectivity index (χ3v) is 6.06. The molecule has 0 saturated heterocycles. The Balaban J connectivity index is 2.23. The molecule has 4 nitrogen and oxygen atoms in total. The third-order valence-electron chi connectivity index (χ3n) is 4.75. The second kappa shape index (κ2) is 15.4. The Morgan fingerprint density at radius 1 is 1.00 bits per heavy atom. The number of anilines is 1. The van der Waals surface area contributed by atoms with Crippen molar-refractivity contribution in [3.63, 3.8) is 0 Å². The van der Waals surface area contributed by atoms with Gasteiger partial charge in [-0.05, 0) is 36.8 Å². The van der Waals surface area contributed by atoms with E-state index in [4.69, 9.17) is 5.11 Å². The van der Waals surface area contributed by atoms with Gasteiger partial charge in [0.15, 0.2) is 0 Å². The largest absolute Gasteiger partial charge is 0.481 e. The monoisotopic (exact) mass is 407 g/mol. The maximum Gasteiger partial charge on any atom is 0.305 e. The van der Waals surface area contributed by atoms with Crippen molar-refractivity contribution in [3.8, 4) is 0 Å². The van der Waals surface area contributed by atoms with Crippen LogP contribution in [0.3, 0.4) is 0 Å². The number of aliphatic carboxylic acids is 1. The van der Waals surface area contributed by atoms with Gasteiger partial charge in [0.25, 0.3) is 0 Å². The van der Waals surface area contributed by atoms with Gasteiger partial charge in [-0.2, -0.15) is 0 Å². The van der Waals surface area contributed by atoms with Gasteiger partial charge in [0.1, 0.15) is 0 Å². The molecule has 0 aromatic heterocycles. The molecule has 0 bridgehead atoms. The number of carbonyl (C=O) groups is 2. The van der Waals surface area contributed by atoms with E-state index in [0.29, 0.717) is 0 Å². The first-order chi connectivity index (χ1) is 13.5. The van der Waals surface area contributed by atoms with Crippen LogP contribution >= 0.6 is 11.8 Å². The molecule has 1 unspecified atom stereocenters. The molecule has 0 aliphatic heterocycles. The number of aryl methyl sites for hydroxylation is 1. The Bertz CT molecular complexity index is 577. The highest BCUT2D eigenvalue weighted by atomic mass is 32.2. The Labute approximate surface area is 174 Å². The maximum atomic E-state index is 12.5. The van der Waals surface area contributed by atoms with E-state index in [1.54, 1.807) is 0 Å². The van der Waals surface area contributed by atoms with Crippen LogP contribution in [0.25, 0.3) is 0 Å². The van der Waals surface area contributed by atoms with E-state index in [1.807, 2.05) is 31.2 Å². The van der Waals surface area contributed by atoms with Crippen LogP contribution in [-0.2, 0) is 9.59 Å². The maximum absolute atomic E-state index is 12.5. The zero-order chi connectivity index (χ0) is 20.6. The average molecular weight is 408 g/mol. The molecule has 0 radical (unpaired) electrons. The minimum absolute atomic E-state index is 0.139. The van der Waals surface area contributed by atoms with Crippen molar-refractivity contribution in [1.82, 2.24) is 0 Å². The lowest BCUT2D eigenvalue weighted by molar-refractivity contribution is -0.138. The van der Waals surface area contributed by atoms with Crippen molar-refractivity contribution in [2.45, 2.75) is 89.7 Å². The SMILES string of the molecule is CCCCCCCCCCCCSC(CC(=O)O)C(=O)Nc1cccc(C)c1. The molecule has 0 aliphatic rings. The molecule has 158 valence electrons. The number of thioether (sulfide) groups is 1. The second-order valence-corrected chi connectivity index (χ2v) is 8.81. The van der Waals surface area contributed by atoms with Crippen LogP contribution in [-0.4, -0.2) is 28.0 Å². The molecule has 1 amide bonds. The highest BCUT2D eigenvalue weighted by Gasteiger charge is 2.22. The van der Waals surface area contributed by atoms with Crippen LogP contribution in [0.5, 0.6) is 0 Å². The van der Waals surface area contributed by atoms with E-state index in [9.17, 15) is 9.59 Å². The van der Waals surface area contributed by atoms with Crippen molar-refractivity contribution in [2.75, 3.05) is 11.1 Å². The molecule has 0 heterocycles. The Morgan fingerprint density at radius 2 is 1.61 bits per heavy atom. The summed E-state index contributed by atoms with van der Waals surface area (Å²) in [5, 5.41) is 11.4. The summed E-state index contributed by atoms with van der Waals surface area (Å²) in [7, 11) is 0. The first-order valence-corrected chi connectivity index (χ1v) is 11.8. The number of carboxylic acids is 1. The summed E-state index contributed by atoms with van der Waals surface area (Å²) in [6, 6.07) is 7.57. The summed E-state index contributed by atoms with van der Waals surface area (Å²) < 4.78 is 0. The third kappa shape index (κ3) is 12.1. The number of hydrogen-bond acceptors (Lipinski definition) is 3. The number of amides is 1. The number of unbranched alkanes of at least 4 members (excludes halogenated alkanes) is 9. The lowest BCUT2D eigenvalue weighted by atomic mass is 10.1. The number of carboxylic acid groups (broad SMARTS) is 1. The summed E-state index contributed by atoms with van der Waals surface area (Å²) in [4.78, 5) is 23.6. The van der Waals surface area contributed by atoms with Gasteiger partial charge in [-0.25, -0.2) is 0 Å². The number of nitrogens with one attached hydrogen (secondary N) is 1. The van der Waals surface area contributed by atoms with E-state index in [0.717, 1.165) is 29.8 Å². The minimum Gasteiger partial charge on any atom is -0.481 e. The van der Waals surface area contributed by atoms with Gasteiger partial charge >= 0.3 is 5.97 Å². The Morgan fingerprint density at radius 3 is 2.18 bits per heavy atom. The molecule has 0 spiro atoms. The first-order valence-electron chi connectivity index (χ1n) is 10.7. The summed E-state index contributed by atoms with van der Waals surface area (Å²) in [5.74, 6) is -0.319. The lowest BCUT2D eigenvalue weighted by Gasteiger charge is -2.15. The fourth-order valence-corrected chi connectivity index (χ4v) is 4.27. The standard InChI is InChI=1S/C23H37NO3S/c1-3-4-5-6-7-8-9-10-11-12-16-28-21(18-22(25)26)23(27)24-20-15-13-14-19(2)17-20/h13-15,17,21H,3-12,16,18H2,1-2H3,(H,24,27)(H,25,26). The van der Waals surface area contributed by atoms with Crippen LogP contribution in [0.4, 0.5) is 5.69 Å². The predicted octanol–water partition coefficient (Wildman–Crippen LogP) is 6.43. The minimum atomic E-state index is -0.931. The fourth-order valence-electron chi connectivity index (χ4n) is 3.15. The quantitative estimate of drug-likeness (QED) is 0.310. The lowest BCUT2D eigenvalue weighted by Crippen LogP contribution is -2.28. The summed E-state index contributed by atoms with van der Waals surface area (Å²) in [6.07, 6.45) is 12.6. The topological polar surface area (TPSA) is 66.4 Å². The summed E-state index contributed by atoms with van der Waals surface area (Å²) in [6.45, 7) is 4.20. The predicted molar refractivity (Wildman–Crippen MR) is 120 cm³/mol. The van der Waals surface area contributed by atoms with Crippen molar-refractivity contribution in [1.29, 1.82) is 0 Å². The molecule has 2 N–H and O–H groups in total. The van der Waals surface area contributed by atoms with E-state index in [2.05, 4.69) is 12.2 Å². The molecular weight excluding hydrogens is 370 g/mol. The van der Waals surface area contributed by atoms with Crippen LogP contribution < -0.4 is 5.32 Å². The number of carbonyl (C=O) groups excluding carboxylic acids is 1. The highest BCUT2D eigenvalue weighted by Crippen LogP contribution is 2.21. The summed E-state index contributed by atoms with van der Waals surface area (Å²) in [5.41, 5.74) is 1.78.